The van der Waals surface area contributed by atoms with Crippen LogP contribution in [-0.2, 0) is 13.0 Å². The van der Waals surface area contributed by atoms with Crippen molar-refractivity contribution in [3.63, 3.8) is 0 Å². The monoisotopic (exact) mass is 351 g/mol. The highest BCUT2D eigenvalue weighted by atomic mass is 32.1. The number of thiophene rings is 1. The fourth-order valence-electron chi connectivity index (χ4n) is 3.12. The molecule has 3 rings (SSSR count). The molecule has 5 heteroatoms. The molecule has 0 aliphatic carbocycles. The van der Waals surface area contributed by atoms with E-state index in [1.807, 2.05) is 13.8 Å². The van der Waals surface area contributed by atoms with Crippen LogP contribution in [-0.4, -0.2) is 9.55 Å². The van der Waals surface area contributed by atoms with Crippen LogP contribution in [0, 0.1) is 25.2 Å². The van der Waals surface area contributed by atoms with E-state index in [0.29, 0.717) is 31.2 Å². The molecule has 0 fully saturated rings. The number of nitriles is 1. The van der Waals surface area contributed by atoms with Crippen molar-refractivity contribution in [2.24, 2.45) is 0 Å². The van der Waals surface area contributed by atoms with E-state index in [1.165, 1.54) is 5.56 Å². The van der Waals surface area contributed by atoms with Crippen molar-refractivity contribution >= 4 is 21.6 Å². The van der Waals surface area contributed by atoms with Crippen molar-refractivity contribution in [2.45, 2.75) is 46.6 Å². The van der Waals surface area contributed by atoms with E-state index in [2.05, 4.69) is 37.3 Å². The molecule has 0 amide bonds. The van der Waals surface area contributed by atoms with Crippen molar-refractivity contribution in [2.75, 3.05) is 0 Å². The topological polar surface area (TPSA) is 58.7 Å². The summed E-state index contributed by atoms with van der Waals surface area (Å²) >= 11 is 1.58. The summed E-state index contributed by atoms with van der Waals surface area (Å²) in [7, 11) is 0. The Labute approximate surface area is 151 Å². The van der Waals surface area contributed by atoms with Gasteiger partial charge in [0.05, 0.1) is 11.5 Å². The van der Waals surface area contributed by atoms with Crippen molar-refractivity contribution < 1.29 is 0 Å². The van der Waals surface area contributed by atoms with Crippen LogP contribution < -0.4 is 5.56 Å². The normalized spacial score (nSPS) is 11.0. The zero-order chi connectivity index (χ0) is 18.0. The molecule has 1 aromatic carbocycles. The minimum atomic E-state index is 0.0136. The molecular formula is C20H21N3OS. The lowest BCUT2D eigenvalue weighted by molar-refractivity contribution is 0.594. The molecule has 0 aliphatic heterocycles. The van der Waals surface area contributed by atoms with Gasteiger partial charge in [-0.15, -0.1) is 11.3 Å². The highest BCUT2D eigenvalue weighted by Gasteiger charge is 2.19. The molecule has 3 aromatic rings. The highest BCUT2D eigenvalue weighted by molar-refractivity contribution is 7.19. The maximum Gasteiger partial charge on any atom is 0.262 e. The van der Waals surface area contributed by atoms with E-state index >= 15 is 0 Å². The third-order valence-corrected chi connectivity index (χ3v) is 5.39. The molecule has 4 nitrogen and oxygen atoms in total. The number of nitrogens with zero attached hydrogens (tertiary/aromatic N) is 3. The minimum Gasteiger partial charge on any atom is -0.296 e. The lowest BCUT2D eigenvalue weighted by Crippen LogP contribution is -2.25. The van der Waals surface area contributed by atoms with E-state index in [9.17, 15) is 4.79 Å². The molecular weight excluding hydrogens is 330 g/mol. The number of fused-ring (bicyclic) bond motifs is 1. The van der Waals surface area contributed by atoms with Crippen LogP contribution in [0.25, 0.3) is 21.3 Å². The predicted octanol–water partition coefficient (Wildman–Crippen LogP) is 4.61. The number of aryl methyl sites for hydroxylation is 3. The maximum absolute atomic E-state index is 13.2. The molecule has 0 unspecified atom stereocenters. The first-order valence-electron chi connectivity index (χ1n) is 8.53. The van der Waals surface area contributed by atoms with Gasteiger partial charge in [0.1, 0.15) is 10.7 Å². The molecule has 0 saturated heterocycles. The predicted molar refractivity (Wildman–Crippen MR) is 103 cm³/mol. The van der Waals surface area contributed by atoms with Gasteiger partial charge < -0.3 is 0 Å². The number of aromatic nitrogens is 2. The van der Waals surface area contributed by atoms with E-state index in [0.717, 1.165) is 26.7 Å². The number of unbranched alkanes of at least 4 members (excludes halogenated alkanes) is 1. The molecule has 0 N–H and O–H groups in total. The van der Waals surface area contributed by atoms with E-state index < -0.39 is 0 Å². The van der Waals surface area contributed by atoms with Gasteiger partial charge in [0, 0.05) is 29.8 Å². The van der Waals surface area contributed by atoms with Gasteiger partial charge in [-0.2, -0.15) is 5.26 Å². The van der Waals surface area contributed by atoms with Gasteiger partial charge in [-0.05, 0) is 25.8 Å². The quantitative estimate of drug-likeness (QED) is 0.631. The van der Waals surface area contributed by atoms with Crippen LogP contribution in [0.4, 0.5) is 0 Å². The Kier molecular flexibility index (Phi) is 5.00. The zero-order valence-electron chi connectivity index (χ0n) is 14.8. The van der Waals surface area contributed by atoms with Crippen molar-refractivity contribution in [1.82, 2.24) is 9.55 Å². The van der Waals surface area contributed by atoms with Gasteiger partial charge in [0.15, 0.2) is 0 Å². The average Bonchev–Trinajstić information content (AvgIpc) is 2.93. The molecule has 25 heavy (non-hydrogen) atoms. The Morgan fingerprint density at radius 2 is 1.96 bits per heavy atom. The first-order chi connectivity index (χ1) is 12.1. The van der Waals surface area contributed by atoms with Crippen LogP contribution in [0.1, 0.15) is 36.0 Å². The molecule has 0 bridgehead atoms. The van der Waals surface area contributed by atoms with Gasteiger partial charge in [0.2, 0.25) is 0 Å². The molecule has 128 valence electrons. The second-order valence-corrected chi connectivity index (χ2v) is 7.38. The number of hydrogen-bond donors (Lipinski definition) is 0. The summed E-state index contributed by atoms with van der Waals surface area (Å²) in [5.74, 6) is 0.798. The molecule has 0 radical (unpaired) electrons. The Morgan fingerprint density at radius 3 is 2.60 bits per heavy atom. The van der Waals surface area contributed by atoms with Gasteiger partial charge in [0.25, 0.3) is 5.56 Å². The molecule has 0 spiro atoms. The van der Waals surface area contributed by atoms with Gasteiger partial charge in [-0.25, -0.2) is 4.98 Å². The van der Waals surface area contributed by atoms with Crippen LogP contribution >= 0.6 is 11.3 Å². The standard InChI is InChI=1S/C20H21N3OS/c1-4-16-22-19-18(20(24)23(16)12-6-5-11-21)17(14(3)25-19)15-9-7-13(2)8-10-15/h7-10H,4-6,12H2,1-3H3. The molecule has 0 saturated carbocycles. The number of rotatable bonds is 5. The summed E-state index contributed by atoms with van der Waals surface area (Å²) in [5, 5.41) is 9.49. The third kappa shape index (κ3) is 3.22. The summed E-state index contributed by atoms with van der Waals surface area (Å²) in [4.78, 5) is 19.9. The SMILES string of the molecule is CCc1nc2sc(C)c(-c3ccc(C)cc3)c2c(=O)n1CCCC#N. The van der Waals surface area contributed by atoms with Crippen LogP contribution in [0.2, 0.25) is 0 Å². The van der Waals surface area contributed by atoms with Gasteiger partial charge in [-0.3, -0.25) is 9.36 Å². The number of hydrogen-bond acceptors (Lipinski definition) is 4. The van der Waals surface area contributed by atoms with E-state index in [1.54, 1.807) is 15.9 Å². The molecule has 0 atom stereocenters. The zero-order valence-corrected chi connectivity index (χ0v) is 15.6. The molecule has 2 aromatic heterocycles. The van der Waals surface area contributed by atoms with Crippen LogP contribution in [0.3, 0.4) is 0 Å². The largest absolute Gasteiger partial charge is 0.296 e. The first-order valence-corrected chi connectivity index (χ1v) is 9.35. The molecule has 0 aliphatic rings. The van der Waals surface area contributed by atoms with E-state index in [4.69, 9.17) is 10.2 Å². The Bertz CT molecular complexity index is 1010. The third-order valence-electron chi connectivity index (χ3n) is 4.39. The second kappa shape index (κ2) is 7.20. The summed E-state index contributed by atoms with van der Waals surface area (Å²) in [6, 6.07) is 10.4. The van der Waals surface area contributed by atoms with Crippen molar-refractivity contribution in [3.8, 4) is 17.2 Å². The average molecular weight is 351 g/mol. The van der Waals surface area contributed by atoms with Crippen molar-refractivity contribution in [3.05, 3.63) is 50.9 Å². The van der Waals surface area contributed by atoms with Crippen LogP contribution in [0.15, 0.2) is 29.1 Å². The lowest BCUT2D eigenvalue weighted by atomic mass is 10.0. The minimum absolute atomic E-state index is 0.0136. The second-order valence-electron chi connectivity index (χ2n) is 6.18. The fourth-order valence-corrected chi connectivity index (χ4v) is 4.18. The fraction of sp³-hybridized carbons (Fsp3) is 0.350. The summed E-state index contributed by atoms with van der Waals surface area (Å²) in [5.41, 5.74) is 3.26. The Morgan fingerprint density at radius 1 is 1.24 bits per heavy atom. The number of benzene rings is 1. The Balaban J connectivity index is 2.24. The first kappa shape index (κ1) is 17.4. The summed E-state index contributed by atoms with van der Waals surface area (Å²) in [6.07, 6.45) is 1.81. The van der Waals surface area contributed by atoms with Crippen molar-refractivity contribution in [1.29, 1.82) is 5.26 Å². The lowest BCUT2D eigenvalue weighted by Gasteiger charge is -2.11. The molecule has 2 heterocycles. The summed E-state index contributed by atoms with van der Waals surface area (Å²) in [6.45, 7) is 6.66. The Hall–Kier alpha value is -2.45. The van der Waals surface area contributed by atoms with Gasteiger partial charge >= 0.3 is 0 Å². The van der Waals surface area contributed by atoms with Gasteiger partial charge in [-0.1, -0.05) is 36.8 Å². The smallest absolute Gasteiger partial charge is 0.262 e. The van der Waals surface area contributed by atoms with Crippen LogP contribution in [0.5, 0.6) is 0 Å². The van der Waals surface area contributed by atoms with E-state index in [-0.39, 0.29) is 5.56 Å². The summed E-state index contributed by atoms with van der Waals surface area (Å²) < 4.78 is 1.75. The maximum atomic E-state index is 13.2. The highest BCUT2D eigenvalue weighted by Crippen LogP contribution is 2.35.